The van der Waals surface area contributed by atoms with Crippen molar-refractivity contribution in [1.82, 2.24) is 9.88 Å². The molecule has 0 spiro atoms. The molecule has 6 nitrogen and oxygen atoms in total. The highest BCUT2D eigenvalue weighted by molar-refractivity contribution is 7.18. The largest absolute Gasteiger partial charge is 0.325 e. The maximum Gasteiger partial charge on any atom is 0.238 e. The number of benzene rings is 2. The minimum Gasteiger partial charge on any atom is -0.325 e. The minimum absolute atomic E-state index is 0.0204. The van der Waals surface area contributed by atoms with Gasteiger partial charge < -0.3 is 10.2 Å². The second kappa shape index (κ2) is 8.16. The quantitative estimate of drug-likeness (QED) is 0.672. The van der Waals surface area contributed by atoms with Crippen LogP contribution in [0.15, 0.2) is 48.5 Å². The summed E-state index contributed by atoms with van der Waals surface area (Å²) >= 11 is 1.73. The van der Waals surface area contributed by atoms with Gasteiger partial charge in [-0.2, -0.15) is 0 Å². The van der Waals surface area contributed by atoms with Crippen molar-refractivity contribution in [3.05, 3.63) is 53.5 Å². The molecule has 0 saturated carbocycles. The van der Waals surface area contributed by atoms with E-state index in [0.29, 0.717) is 13.0 Å². The van der Waals surface area contributed by atoms with Gasteiger partial charge in [-0.05, 0) is 62.2 Å². The van der Waals surface area contributed by atoms with E-state index in [-0.39, 0.29) is 17.9 Å². The fourth-order valence-corrected chi connectivity index (χ4v) is 5.50. The molecule has 0 unspecified atom stereocenters. The van der Waals surface area contributed by atoms with Crippen LogP contribution in [0, 0.1) is 0 Å². The summed E-state index contributed by atoms with van der Waals surface area (Å²) in [7, 11) is 0. The highest BCUT2D eigenvalue weighted by Crippen LogP contribution is 2.36. The van der Waals surface area contributed by atoms with Crippen LogP contribution in [0.25, 0.3) is 10.2 Å². The normalized spacial score (nSPS) is 19.7. The summed E-state index contributed by atoms with van der Waals surface area (Å²) in [6.45, 7) is 2.03. The van der Waals surface area contributed by atoms with Crippen LogP contribution in [0.5, 0.6) is 0 Å². The zero-order valence-corrected chi connectivity index (χ0v) is 17.5. The first kappa shape index (κ1) is 19.2. The number of carbonyl (C=O) groups excluding carboxylic acids is 2. The van der Waals surface area contributed by atoms with E-state index in [2.05, 4.69) is 16.3 Å². The molecule has 2 saturated heterocycles. The van der Waals surface area contributed by atoms with E-state index in [1.54, 1.807) is 16.2 Å². The van der Waals surface area contributed by atoms with Gasteiger partial charge in [0, 0.05) is 24.3 Å². The highest BCUT2D eigenvalue weighted by Gasteiger charge is 2.30. The Kier molecular flexibility index (Phi) is 5.23. The van der Waals surface area contributed by atoms with Gasteiger partial charge in [-0.1, -0.05) is 12.1 Å². The molecule has 3 heterocycles. The second-order valence-corrected chi connectivity index (χ2v) is 8.95. The average Bonchev–Trinajstić information content (AvgIpc) is 3.47. The van der Waals surface area contributed by atoms with Crippen molar-refractivity contribution in [1.29, 1.82) is 0 Å². The number of aromatic nitrogens is 1. The summed E-state index contributed by atoms with van der Waals surface area (Å²) < 4.78 is 1.19. The lowest BCUT2D eigenvalue weighted by Crippen LogP contribution is -2.32. The monoisotopic (exact) mass is 420 g/mol. The number of likely N-dealkylation sites (tertiary alicyclic amines) is 1. The number of amides is 2. The first-order valence-corrected chi connectivity index (χ1v) is 11.3. The van der Waals surface area contributed by atoms with Crippen molar-refractivity contribution in [3.8, 4) is 0 Å². The lowest BCUT2D eigenvalue weighted by Gasteiger charge is -2.22. The van der Waals surface area contributed by atoms with Crippen molar-refractivity contribution >= 4 is 44.7 Å². The third-order valence-corrected chi connectivity index (χ3v) is 6.98. The summed E-state index contributed by atoms with van der Waals surface area (Å²) in [6, 6.07) is 15.9. The number of hydrogen-bond donors (Lipinski definition) is 1. The smallest absolute Gasteiger partial charge is 0.238 e. The van der Waals surface area contributed by atoms with Crippen molar-refractivity contribution in [3.63, 3.8) is 0 Å². The van der Waals surface area contributed by atoms with Crippen molar-refractivity contribution in [2.45, 2.75) is 31.7 Å². The lowest BCUT2D eigenvalue weighted by atomic mass is 10.2. The molecule has 0 radical (unpaired) electrons. The van der Waals surface area contributed by atoms with Gasteiger partial charge in [0.25, 0.3) is 0 Å². The molecule has 2 aliphatic rings. The maximum atomic E-state index is 12.7. The van der Waals surface area contributed by atoms with Crippen LogP contribution in [-0.2, 0) is 9.59 Å². The molecule has 1 N–H and O–H groups in total. The van der Waals surface area contributed by atoms with Gasteiger partial charge in [-0.3, -0.25) is 14.5 Å². The van der Waals surface area contributed by atoms with Gasteiger partial charge >= 0.3 is 0 Å². The molecule has 0 bridgehead atoms. The number of thiazole rings is 1. The lowest BCUT2D eigenvalue weighted by molar-refractivity contribution is -0.118. The fraction of sp³-hybridized carbons (Fsp3) is 0.348. The molecule has 1 aromatic heterocycles. The van der Waals surface area contributed by atoms with Crippen molar-refractivity contribution in [2.24, 2.45) is 0 Å². The van der Waals surface area contributed by atoms with Crippen LogP contribution in [0.4, 0.5) is 11.4 Å². The van der Waals surface area contributed by atoms with Crippen LogP contribution in [0.3, 0.4) is 0 Å². The Bertz CT molecular complexity index is 1050. The van der Waals surface area contributed by atoms with Crippen LogP contribution in [-0.4, -0.2) is 41.3 Å². The Morgan fingerprint density at radius 2 is 1.93 bits per heavy atom. The van der Waals surface area contributed by atoms with Gasteiger partial charge in [0.15, 0.2) is 0 Å². The van der Waals surface area contributed by atoms with Gasteiger partial charge in [-0.15, -0.1) is 11.3 Å². The van der Waals surface area contributed by atoms with E-state index in [1.807, 2.05) is 42.5 Å². The van der Waals surface area contributed by atoms with E-state index in [0.717, 1.165) is 54.3 Å². The van der Waals surface area contributed by atoms with Crippen molar-refractivity contribution in [2.75, 3.05) is 29.9 Å². The number of nitrogens with zero attached hydrogens (tertiary/aromatic N) is 3. The Hall–Kier alpha value is -2.77. The molecule has 3 aromatic rings. The number of carbonyl (C=O) groups is 2. The molecule has 1 atom stereocenters. The predicted octanol–water partition coefficient (Wildman–Crippen LogP) is 4.20. The number of hydrogen-bond acceptors (Lipinski definition) is 5. The molecule has 30 heavy (non-hydrogen) atoms. The maximum absolute atomic E-state index is 12.7. The number of anilines is 2. The zero-order chi connectivity index (χ0) is 20.5. The third-order valence-electron chi connectivity index (χ3n) is 5.84. The molecule has 154 valence electrons. The average molecular weight is 421 g/mol. The Morgan fingerprint density at radius 1 is 1.10 bits per heavy atom. The van der Waals surface area contributed by atoms with E-state index in [1.165, 1.54) is 4.70 Å². The number of rotatable bonds is 5. The topological polar surface area (TPSA) is 65.5 Å². The third kappa shape index (κ3) is 3.82. The number of para-hydroxylation sites is 1. The van der Waals surface area contributed by atoms with E-state index in [4.69, 9.17) is 4.98 Å². The van der Waals surface area contributed by atoms with Gasteiger partial charge in [0.1, 0.15) is 5.01 Å². The van der Waals surface area contributed by atoms with Crippen LogP contribution >= 0.6 is 11.3 Å². The molecule has 7 heteroatoms. The Balaban J connectivity index is 1.23. The molecule has 5 rings (SSSR count). The second-order valence-electron chi connectivity index (χ2n) is 7.89. The summed E-state index contributed by atoms with van der Waals surface area (Å²) in [4.78, 5) is 33.4. The molecule has 2 aromatic carbocycles. The SMILES string of the molecule is O=C(CN1CCC[C@@H]1c1nc2ccccc2s1)Nc1ccc(N2CCCC2=O)cc1. The zero-order valence-electron chi connectivity index (χ0n) is 16.7. The minimum atomic E-state index is -0.0204. The summed E-state index contributed by atoms with van der Waals surface area (Å²) in [6.07, 6.45) is 3.63. The standard InChI is InChI=1S/C23H24N4O2S/c28-21(24-16-9-11-17(12-10-16)27-14-4-8-22(27)29)15-26-13-3-6-19(26)23-25-18-5-1-2-7-20(18)30-23/h1-2,5,7,9-12,19H,3-4,6,8,13-15H2,(H,24,28)/t19-/m1/s1. The van der Waals surface area contributed by atoms with Crippen LogP contribution < -0.4 is 10.2 Å². The van der Waals surface area contributed by atoms with Crippen LogP contribution in [0.1, 0.15) is 36.7 Å². The molecular formula is C23H24N4O2S. The Morgan fingerprint density at radius 3 is 2.70 bits per heavy atom. The van der Waals surface area contributed by atoms with E-state index < -0.39 is 0 Å². The highest BCUT2D eigenvalue weighted by atomic mass is 32.1. The van der Waals surface area contributed by atoms with E-state index in [9.17, 15) is 9.59 Å². The molecule has 0 aliphatic carbocycles. The van der Waals surface area contributed by atoms with Crippen molar-refractivity contribution < 1.29 is 9.59 Å². The van der Waals surface area contributed by atoms with Gasteiger partial charge in [0.05, 0.1) is 22.8 Å². The van der Waals surface area contributed by atoms with E-state index >= 15 is 0 Å². The molecule has 2 aliphatic heterocycles. The summed E-state index contributed by atoms with van der Waals surface area (Å²) in [5, 5.41) is 4.09. The van der Waals surface area contributed by atoms with Crippen LogP contribution in [0.2, 0.25) is 0 Å². The first-order valence-electron chi connectivity index (χ1n) is 10.5. The fourth-order valence-electron chi connectivity index (χ4n) is 4.36. The number of fused-ring (bicyclic) bond motifs is 1. The van der Waals surface area contributed by atoms with Gasteiger partial charge in [-0.25, -0.2) is 4.98 Å². The first-order chi connectivity index (χ1) is 14.7. The summed E-state index contributed by atoms with van der Waals surface area (Å²) in [5.74, 6) is 0.148. The Labute approximate surface area is 179 Å². The van der Waals surface area contributed by atoms with Gasteiger partial charge in [0.2, 0.25) is 11.8 Å². The predicted molar refractivity (Wildman–Crippen MR) is 120 cm³/mol. The molecule has 2 amide bonds. The molecular weight excluding hydrogens is 396 g/mol. The summed E-state index contributed by atoms with van der Waals surface area (Å²) in [5.41, 5.74) is 2.68. The molecule has 2 fully saturated rings. The number of nitrogens with one attached hydrogen (secondary N) is 1.